The number of aromatic nitrogens is 5. The molecule has 1 saturated heterocycles. The summed E-state index contributed by atoms with van der Waals surface area (Å²) in [6.07, 6.45) is 1.82. The summed E-state index contributed by atoms with van der Waals surface area (Å²) in [6.45, 7) is 3.74. The second-order valence-electron chi connectivity index (χ2n) is 5.95. The van der Waals surface area contributed by atoms with Crippen LogP contribution < -0.4 is 5.32 Å². The van der Waals surface area contributed by atoms with E-state index in [0.29, 0.717) is 24.5 Å². The Morgan fingerprint density at radius 3 is 3.13 bits per heavy atom. The summed E-state index contributed by atoms with van der Waals surface area (Å²) in [4.78, 5) is 12.3. The molecule has 23 heavy (non-hydrogen) atoms. The minimum Gasteiger partial charge on any atom is -0.368 e. The third-order valence-electron chi connectivity index (χ3n) is 3.84. The largest absolute Gasteiger partial charge is 0.368 e. The van der Waals surface area contributed by atoms with E-state index in [1.165, 1.54) is 0 Å². The number of carbonyl (C=O) groups excluding carboxylic acids is 1. The van der Waals surface area contributed by atoms with Crippen LogP contribution in [0, 0.1) is 0 Å². The first kappa shape index (κ1) is 13.9. The van der Waals surface area contributed by atoms with E-state index in [0.717, 1.165) is 17.5 Å². The zero-order valence-corrected chi connectivity index (χ0v) is 12.6. The van der Waals surface area contributed by atoms with Crippen molar-refractivity contribution in [1.82, 2.24) is 30.5 Å². The maximum Gasteiger partial charge on any atom is 0.272 e. The SMILES string of the molecule is CC1(Cn2cc(CNC(=O)c3n[nH]c4ccccc34)nn2)CO1. The molecule has 0 radical (unpaired) electrons. The number of H-pyrrole nitrogens is 1. The highest BCUT2D eigenvalue weighted by Gasteiger charge is 2.40. The molecule has 4 rings (SSSR count). The van der Waals surface area contributed by atoms with E-state index in [-0.39, 0.29) is 11.5 Å². The van der Waals surface area contributed by atoms with Crippen molar-refractivity contribution in [3.05, 3.63) is 41.9 Å². The number of ether oxygens (including phenoxy) is 1. The minimum absolute atomic E-state index is 0.123. The molecule has 0 aliphatic carbocycles. The van der Waals surface area contributed by atoms with Crippen LogP contribution in [0.3, 0.4) is 0 Å². The van der Waals surface area contributed by atoms with Gasteiger partial charge >= 0.3 is 0 Å². The summed E-state index contributed by atoms with van der Waals surface area (Å²) in [5.74, 6) is -0.241. The average molecular weight is 312 g/mol. The van der Waals surface area contributed by atoms with Gasteiger partial charge in [-0.1, -0.05) is 23.4 Å². The third-order valence-corrected chi connectivity index (χ3v) is 3.84. The van der Waals surface area contributed by atoms with Gasteiger partial charge in [0.1, 0.15) is 11.3 Å². The highest BCUT2D eigenvalue weighted by Crippen LogP contribution is 2.27. The summed E-state index contributed by atoms with van der Waals surface area (Å²) < 4.78 is 7.06. The van der Waals surface area contributed by atoms with Gasteiger partial charge in [0.25, 0.3) is 5.91 Å². The zero-order chi connectivity index (χ0) is 15.9. The molecule has 1 amide bonds. The van der Waals surface area contributed by atoms with Crippen molar-refractivity contribution in [1.29, 1.82) is 0 Å². The average Bonchev–Trinajstić information content (AvgIpc) is 2.98. The van der Waals surface area contributed by atoms with Crippen LogP contribution in [0.15, 0.2) is 30.5 Å². The maximum absolute atomic E-state index is 12.3. The molecule has 2 N–H and O–H groups in total. The van der Waals surface area contributed by atoms with Gasteiger partial charge < -0.3 is 10.1 Å². The van der Waals surface area contributed by atoms with Gasteiger partial charge in [-0.15, -0.1) is 5.10 Å². The molecule has 1 fully saturated rings. The number of epoxide rings is 1. The van der Waals surface area contributed by atoms with Gasteiger partial charge in [0.05, 0.1) is 31.4 Å². The Balaban J connectivity index is 1.41. The molecular weight excluding hydrogens is 296 g/mol. The second kappa shape index (κ2) is 5.17. The molecule has 1 aliphatic rings. The zero-order valence-electron chi connectivity index (χ0n) is 12.6. The predicted molar refractivity (Wildman–Crippen MR) is 81.6 cm³/mol. The fourth-order valence-electron chi connectivity index (χ4n) is 2.45. The van der Waals surface area contributed by atoms with Crippen molar-refractivity contribution in [2.24, 2.45) is 0 Å². The fourth-order valence-corrected chi connectivity index (χ4v) is 2.45. The minimum atomic E-state index is -0.241. The number of aromatic amines is 1. The van der Waals surface area contributed by atoms with Crippen LogP contribution in [0.2, 0.25) is 0 Å². The molecule has 1 aliphatic heterocycles. The van der Waals surface area contributed by atoms with Crippen LogP contribution in [-0.4, -0.2) is 43.3 Å². The summed E-state index contributed by atoms with van der Waals surface area (Å²) in [5, 5.41) is 18.6. The van der Waals surface area contributed by atoms with E-state index in [1.807, 2.05) is 37.4 Å². The number of hydrogen-bond acceptors (Lipinski definition) is 5. The van der Waals surface area contributed by atoms with Crippen LogP contribution in [0.1, 0.15) is 23.1 Å². The van der Waals surface area contributed by atoms with Crippen molar-refractivity contribution in [2.45, 2.75) is 25.6 Å². The number of benzene rings is 1. The molecule has 1 atom stereocenters. The fraction of sp³-hybridized carbons (Fsp3) is 0.333. The predicted octanol–water partition coefficient (Wildman–Crippen LogP) is 0.873. The number of rotatable bonds is 5. The molecule has 3 heterocycles. The van der Waals surface area contributed by atoms with Crippen LogP contribution in [0.5, 0.6) is 0 Å². The molecule has 3 aromatic rings. The Hall–Kier alpha value is -2.74. The lowest BCUT2D eigenvalue weighted by atomic mass is 10.2. The quantitative estimate of drug-likeness (QED) is 0.681. The number of nitrogens with zero attached hydrogens (tertiary/aromatic N) is 4. The molecule has 0 bridgehead atoms. The highest BCUT2D eigenvalue weighted by atomic mass is 16.6. The van der Waals surface area contributed by atoms with Gasteiger partial charge in [-0.3, -0.25) is 9.89 Å². The van der Waals surface area contributed by atoms with Gasteiger partial charge in [0.2, 0.25) is 0 Å². The van der Waals surface area contributed by atoms with Crippen LogP contribution in [0.4, 0.5) is 0 Å². The molecule has 1 unspecified atom stereocenters. The Morgan fingerprint density at radius 2 is 2.30 bits per heavy atom. The number of hydrogen-bond donors (Lipinski definition) is 2. The molecule has 8 nitrogen and oxygen atoms in total. The van der Waals surface area contributed by atoms with Gasteiger partial charge in [0, 0.05) is 5.39 Å². The van der Waals surface area contributed by atoms with E-state index < -0.39 is 0 Å². The monoisotopic (exact) mass is 312 g/mol. The molecule has 8 heteroatoms. The smallest absolute Gasteiger partial charge is 0.272 e. The molecule has 0 spiro atoms. The van der Waals surface area contributed by atoms with Gasteiger partial charge in [0.15, 0.2) is 5.69 Å². The Bertz CT molecular complexity index is 864. The Morgan fingerprint density at radius 1 is 1.48 bits per heavy atom. The summed E-state index contributed by atoms with van der Waals surface area (Å²) in [7, 11) is 0. The van der Waals surface area contributed by atoms with Crippen molar-refractivity contribution in [2.75, 3.05) is 6.61 Å². The van der Waals surface area contributed by atoms with Crippen LogP contribution >= 0.6 is 0 Å². The van der Waals surface area contributed by atoms with E-state index >= 15 is 0 Å². The lowest BCUT2D eigenvalue weighted by molar-refractivity contribution is 0.0947. The van der Waals surface area contributed by atoms with Crippen LogP contribution in [-0.2, 0) is 17.8 Å². The van der Waals surface area contributed by atoms with Crippen molar-refractivity contribution in [3.63, 3.8) is 0 Å². The second-order valence-corrected chi connectivity index (χ2v) is 5.95. The molecular formula is C15H16N6O2. The number of nitrogens with one attached hydrogen (secondary N) is 2. The van der Waals surface area contributed by atoms with E-state index in [4.69, 9.17) is 4.74 Å². The van der Waals surface area contributed by atoms with Gasteiger partial charge in [-0.25, -0.2) is 4.68 Å². The normalized spacial score (nSPS) is 19.9. The lowest BCUT2D eigenvalue weighted by Gasteiger charge is -2.03. The molecule has 0 saturated carbocycles. The van der Waals surface area contributed by atoms with Crippen molar-refractivity contribution in [3.8, 4) is 0 Å². The Kier molecular flexibility index (Phi) is 3.12. The van der Waals surface area contributed by atoms with Gasteiger partial charge in [-0.2, -0.15) is 5.10 Å². The summed E-state index contributed by atoms with van der Waals surface area (Å²) >= 11 is 0. The number of amides is 1. The maximum atomic E-state index is 12.3. The first-order valence-corrected chi connectivity index (χ1v) is 7.37. The van der Waals surface area contributed by atoms with E-state index in [2.05, 4.69) is 25.8 Å². The molecule has 118 valence electrons. The number of carbonyl (C=O) groups is 1. The highest BCUT2D eigenvalue weighted by molar-refractivity contribution is 6.04. The summed E-state index contributed by atoms with van der Waals surface area (Å²) in [6, 6.07) is 7.51. The van der Waals surface area contributed by atoms with Crippen LogP contribution in [0.25, 0.3) is 10.9 Å². The van der Waals surface area contributed by atoms with Gasteiger partial charge in [-0.05, 0) is 13.0 Å². The third kappa shape index (κ3) is 2.80. The van der Waals surface area contributed by atoms with Crippen molar-refractivity contribution < 1.29 is 9.53 Å². The Labute approximate surface area is 131 Å². The summed E-state index contributed by atoms with van der Waals surface area (Å²) in [5.41, 5.74) is 1.79. The van der Waals surface area contributed by atoms with E-state index in [9.17, 15) is 4.79 Å². The van der Waals surface area contributed by atoms with Crippen molar-refractivity contribution >= 4 is 16.8 Å². The number of para-hydroxylation sites is 1. The first-order chi connectivity index (χ1) is 11.1. The lowest BCUT2D eigenvalue weighted by Crippen LogP contribution is -2.23. The topological polar surface area (TPSA) is 101 Å². The van der Waals surface area contributed by atoms with E-state index in [1.54, 1.807) is 4.68 Å². The number of fused-ring (bicyclic) bond motifs is 1. The molecule has 1 aromatic carbocycles. The standard InChI is InChI=1S/C15H16N6O2/c1-15(9-23-15)8-21-7-10(17-20-21)6-16-14(22)13-11-4-2-3-5-12(11)18-19-13/h2-5,7H,6,8-9H2,1H3,(H,16,22)(H,18,19). The first-order valence-electron chi connectivity index (χ1n) is 7.37. The molecule has 2 aromatic heterocycles.